The van der Waals surface area contributed by atoms with Gasteiger partial charge in [0.1, 0.15) is 0 Å². The van der Waals surface area contributed by atoms with Crippen molar-refractivity contribution in [3.63, 3.8) is 0 Å². The Morgan fingerprint density at radius 2 is 2.22 bits per heavy atom. The fraction of sp³-hybridized carbons (Fsp3) is 0.462. The van der Waals surface area contributed by atoms with Crippen LogP contribution < -0.4 is 4.74 Å². The molecule has 1 saturated heterocycles. The van der Waals surface area contributed by atoms with Gasteiger partial charge < -0.3 is 14.6 Å². The standard InChI is InChI=1S/C13H15FO4/c1-8(12(15)16)13(6-18-7-13)9-3-4-11(17-2)10(14)5-9/h3-5,8H,6-7H2,1-2H3,(H,15,16). The molecule has 0 spiro atoms. The van der Waals surface area contributed by atoms with Gasteiger partial charge in [-0.05, 0) is 17.7 Å². The smallest absolute Gasteiger partial charge is 0.307 e. The van der Waals surface area contributed by atoms with Crippen LogP contribution in [0.1, 0.15) is 12.5 Å². The van der Waals surface area contributed by atoms with E-state index in [0.29, 0.717) is 18.8 Å². The first-order valence-electron chi connectivity index (χ1n) is 5.66. The maximum absolute atomic E-state index is 13.7. The number of carboxylic acid groups (broad SMARTS) is 1. The highest BCUT2D eigenvalue weighted by Crippen LogP contribution is 2.40. The number of hydrogen-bond acceptors (Lipinski definition) is 3. The Kier molecular flexibility index (Phi) is 3.26. The van der Waals surface area contributed by atoms with Crippen LogP contribution in [0.2, 0.25) is 0 Å². The largest absolute Gasteiger partial charge is 0.494 e. The first kappa shape index (κ1) is 12.8. The van der Waals surface area contributed by atoms with Crippen LogP contribution in [0.25, 0.3) is 0 Å². The van der Waals surface area contributed by atoms with Gasteiger partial charge in [-0.2, -0.15) is 0 Å². The minimum Gasteiger partial charge on any atom is -0.494 e. The van der Waals surface area contributed by atoms with Gasteiger partial charge in [-0.25, -0.2) is 4.39 Å². The van der Waals surface area contributed by atoms with Crippen molar-refractivity contribution in [2.75, 3.05) is 20.3 Å². The maximum atomic E-state index is 13.7. The summed E-state index contributed by atoms with van der Waals surface area (Å²) in [4.78, 5) is 11.1. The van der Waals surface area contributed by atoms with Gasteiger partial charge in [-0.15, -0.1) is 0 Å². The van der Waals surface area contributed by atoms with E-state index >= 15 is 0 Å². The van der Waals surface area contributed by atoms with Gasteiger partial charge in [0.15, 0.2) is 11.6 Å². The molecule has 1 atom stereocenters. The van der Waals surface area contributed by atoms with Crippen LogP contribution in [0, 0.1) is 11.7 Å². The lowest BCUT2D eigenvalue weighted by Crippen LogP contribution is -2.53. The first-order chi connectivity index (χ1) is 8.51. The highest BCUT2D eigenvalue weighted by atomic mass is 19.1. The second kappa shape index (κ2) is 4.57. The second-order valence-electron chi connectivity index (χ2n) is 4.56. The number of halogens is 1. The molecule has 0 radical (unpaired) electrons. The van der Waals surface area contributed by atoms with Crippen molar-refractivity contribution in [3.05, 3.63) is 29.6 Å². The van der Waals surface area contributed by atoms with Gasteiger partial charge in [0, 0.05) is 0 Å². The molecule has 5 heteroatoms. The molecule has 98 valence electrons. The van der Waals surface area contributed by atoms with Gasteiger partial charge in [0.25, 0.3) is 0 Å². The Labute approximate surface area is 104 Å². The molecule has 2 rings (SSSR count). The van der Waals surface area contributed by atoms with E-state index in [1.807, 2.05) is 0 Å². The van der Waals surface area contributed by atoms with E-state index in [1.54, 1.807) is 13.0 Å². The lowest BCUT2D eigenvalue weighted by atomic mass is 9.69. The molecule has 1 aliphatic heterocycles. The number of carboxylic acids is 1. The van der Waals surface area contributed by atoms with Gasteiger partial charge in [-0.1, -0.05) is 13.0 Å². The molecule has 1 aromatic carbocycles. The summed E-state index contributed by atoms with van der Waals surface area (Å²) in [5, 5.41) is 9.14. The molecule has 1 unspecified atom stereocenters. The monoisotopic (exact) mass is 254 g/mol. The molecule has 1 N–H and O–H groups in total. The van der Waals surface area contributed by atoms with Crippen molar-refractivity contribution in [2.45, 2.75) is 12.3 Å². The fourth-order valence-electron chi connectivity index (χ4n) is 2.20. The van der Waals surface area contributed by atoms with Crippen LogP contribution in [-0.4, -0.2) is 31.4 Å². The van der Waals surface area contributed by atoms with Gasteiger partial charge in [0.05, 0.1) is 31.7 Å². The van der Waals surface area contributed by atoms with Crippen LogP contribution in [0.3, 0.4) is 0 Å². The van der Waals surface area contributed by atoms with E-state index in [0.717, 1.165) is 0 Å². The van der Waals surface area contributed by atoms with Gasteiger partial charge in [0.2, 0.25) is 0 Å². The molecule has 0 amide bonds. The Balaban J connectivity index is 2.39. The summed E-state index contributed by atoms with van der Waals surface area (Å²) in [6, 6.07) is 4.55. The predicted molar refractivity (Wildman–Crippen MR) is 62.2 cm³/mol. The number of rotatable bonds is 4. The molecule has 0 bridgehead atoms. The lowest BCUT2D eigenvalue weighted by Gasteiger charge is -2.44. The number of carbonyl (C=O) groups is 1. The summed E-state index contributed by atoms with van der Waals surface area (Å²) in [6.07, 6.45) is 0. The number of ether oxygens (including phenoxy) is 2. The maximum Gasteiger partial charge on any atom is 0.307 e. The minimum atomic E-state index is -0.908. The van der Waals surface area contributed by atoms with Gasteiger partial charge >= 0.3 is 5.97 Å². The predicted octanol–water partition coefficient (Wildman–Crippen LogP) is 1.82. The topological polar surface area (TPSA) is 55.8 Å². The molecule has 18 heavy (non-hydrogen) atoms. The highest BCUT2D eigenvalue weighted by Gasteiger charge is 2.48. The molecule has 0 saturated carbocycles. The Hall–Kier alpha value is -1.62. The number of hydrogen-bond donors (Lipinski definition) is 1. The summed E-state index contributed by atoms with van der Waals surface area (Å²) >= 11 is 0. The van der Waals surface area contributed by atoms with Crippen molar-refractivity contribution in [3.8, 4) is 5.75 Å². The summed E-state index contributed by atoms with van der Waals surface area (Å²) in [5.74, 6) is -1.87. The summed E-state index contributed by atoms with van der Waals surface area (Å²) < 4.78 is 23.7. The van der Waals surface area contributed by atoms with Crippen LogP contribution in [0.5, 0.6) is 5.75 Å². The van der Waals surface area contributed by atoms with Crippen molar-refractivity contribution >= 4 is 5.97 Å². The summed E-state index contributed by atoms with van der Waals surface area (Å²) in [5.41, 5.74) is 0.000759. The third kappa shape index (κ3) is 1.84. The quantitative estimate of drug-likeness (QED) is 0.890. The van der Waals surface area contributed by atoms with Crippen LogP contribution in [0.15, 0.2) is 18.2 Å². The zero-order chi connectivity index (χ0) is 13.3. The zero-order valence-corrected chi connectivity index (χ0v) is 10.3. The van der Waals surface area contributed by atoms with Crippen LogP contribution >= 0.6 is 0 Å². The van der Waals surface area contributed by atoms with Crippen LogP contribution in [0.4, 0.5) is 4.39 Å². The average molecular weight is 254 g/mol. The molecule has 1 fully saturated rings. The van der Waals surface area contributed by atoms with E-state index in [-0.39, 0.29) is 5.75 Å². The third-order valence-electron chi connectivity index (χ3n) is 3.65. The Morgan fingerprint density at radius 1 is 1.56 bits per heavy atom. The molecular formula is C13H15FO4. The second-order valence-corrected chi connectivity index (χ2v) is 4.56. The average Bonchev–Trinajstić information content (AvgIpc) is 2.27. The molecule has 0 aliphatic carbocycles. The van der Waals surface area contributed by atoms with E-state index in [1.165, 1.54) is 19.2 Å². The van der Waals surface area contributed by atoms with E-state index in [4.69, 9.17) is 14.6 Å². The van der Waals surface area contributed by atoms with Gasteiger partial charge in [-0.3, -0.25) is 4.79 Å². The van der Waals surface area contributed by atoms with E-state index in [2.05, 4.69) is 0 Å². The molecular weight excluding hydrogens is 239 g/mol. The van der Waals surface area contributed by atoms with E-state index in [9.17, 15) is 9.18 Å². The van der Waals surface area contributed by atoms with Crippen molar-refractivity contribution in [1.29, 1.82) is 0 Å². The number of methoxy groups -OCH3 is 1. The molecule has 1 heterocycles. The molecule has 1 aromatic rings. The zero-order valence-electron chi connectivity index (χ0n) is 10.3. The molecule has 0 aromatic heterocycles. The first-order valence-corrected chi connectivity index (χ1v) is 5.66. The summed E-state index contributed by atoms with van der Waals surface area (Å²) in [6.45, 7) is 2.21. The third-order valence-corrected chi connectivity index (χ3v) is 3.65. The lowest BCUT2D eigenvalue weighted by molar-refractivity contribution is -0.155. The number of benzene rings is 1. The highest BCUT2D eigenvalue weighted by molar-refractivity contribution is 5.72. The van der Waals surface area contributed by atoms with Crippen LogP contribution in [-0.2, 0) is 14.9 Å². The SMILES string of the molecule is COc1ccc(C2(C(C)C(=O)O)COC2)cc1F. The van der Waals surface area contributed by atoms with Crippen molar-refractivity contribution < 1.29 is 23.8 Å². The molecule has 1 aliphatic rings. The molecule has 4 nitrogen and oxygen atoms in total. The normalized spacial score (nSPS) is 18.8. The Bertz CT molecular complexity index is 468. The van der Waals surface area contributed by atoms with E-state index < -0.39 is 23.1 Å². The summed E-state index contributed by atoms with van der Waals surface area (Å²) in [7, 11) is 1.39. The minimum absolute atomic E-state index is 0.150. The van der Waals surface area contributed by atoms with Crippen molar-refractivity contribution in [1.82, 2.24) is 0 Å². The Morgan fingerprint density at radius 3 is 2.61 bits per heavy atom. The van der Waals surface area contributed by atoms with Crippen molar-refractivity contribution in [2.24, 2.45) is 5.92 Å². The number of aliphatic carboxylic acids is 1. The fourth-order valence-corrected chi connectivity index (χ4v) is 2.20.